The van der Waals surface area contributed by atoms with Crippen LogP contribution in [0.3, 0.4) is 0 Å². The van der Waals surface area contributed by atoms with E-state index in [9.17, 15) is 14.3 Å². The lowest BCUT2D eigenvalue weighted by Crippen LogP contribution is -2.48. The number of alkyl halides is 2. The number of hydrogen-bond donors (Lipinski definition) is 1. The van der Waals surface area contributed by atoms with Gasteiger partial charge in [-0.1, -0.05) is 36.2 Å². The lowest BCUT2D eigenvalue weighted by atomic mass is 9.50. The fourth-order valence-corrected chi connectivity index (χ4v) is 7.41. The van der Waals surface area contributed by atoms with E-state index in [1.165, 1.54) is 25.7 Å². The Bertz CT molecular complexity index is 522. The highest BCUT2D eigenvalue weighted by molar-refractivity contribution is 9.09. The van der Waals surface area contributed by atoms with E-state index in [1.54, 1.807) is 6.92 Å². The lowest BCUT2D eigenvalue weighted by Gasteiger charge is -2.54. The van der Waals surface area contributed by atoms with Crippen molar-refractivity contribution in [3.05, 3.63) is 0 Å². The topological polar surface area (TPSA) is 37.3 Å². The molecule has 3 rings (SSSR count). The van der Waals surface area contributed by atoms with Crippen molar-refractivity contribution in [1.29, 1.82) is 0 Å². The zero-order chi connectivity index (χ0) is 19.1. The molecule has 150 valence electrons. The van der Waals surface area contributed by atoms with Gasteiger partial charge >= 0.3 is 0 Å². The van der Waals surface area contributed by atoms with Gasteiger partial charge in [-0.3, -0.25) is 4.79 Å². The molecule has 1 N–H and O–H groups in total. The first-order valence-electron chi connectivity index (χ1n) is 10.6. The summed E-state index contributed by atoms with van der Waals surface area (Å²) in [5, 5.41) is 10.6. The molecule has 3 aliphatic rings. The van der Waals surface area contributed by atoms with Crippen molar-refractivity contribution >= 4 is 21.7 Å². The highest BCUT2D eigenvalue weighted by Gasteiger charge is 2.57. The van der Waals surface area contributed by atoms with Crippen LogP contribution in [0.1, 0.15) is 72.1 Å². The van der Waals surface area contributed by atoms with Gasteiger partial charge in [-0.25, -0.2) is 4.39 Å². The van der Waals surface area contributed by atoms with Crippen LogP contribution in [0.25, 0.3) is 0 Å². The van der Waals surface area contributed by atoms with Crippen LogP contribution in [0.5, 0.6) is 0 Å². The van der Waals surface area contributed by atoms with Crippen LogP contribution in [0.2, 0.25) is 0 Å². The van der Waals surface area contributed by atoms with Crippen LogP contribution < -0.4 is 0 Å². The van der Waals surface area contributed by atoms with Crippen LogP contribution in [-0.4, -0.2) is 28.5 Å². The van der Waals surface area contributed by atoms with Crippen LogP contribution in [0.15, 0.2) is 0 Å². The van der Waals surface area contributed by atoms with Crippen LogP contribution in [0.4, 0.5) is 4.39 Å². The highest BCUT2D eigenvalue weighted by atomic mass is 79.9. The van der Waals surface area contributed by atoms with Crippen LogP contribution in [-0.2, 0) is 4.79 Å². The molecular formula is C22H36BrFO2. The summed E-state index contributed by atoms with van der Waals surface area (Å²) in [6.45, 7) is 5.71. The third-order valence-electron chi connectivity index (χ3n) is 8.55. The number of carbonyl (C=O) groups excluding carboxylic acids is 1. The smallest absolute Gasteiger partial charge is 0.147 e. The van der Waals surface area contributed by atoms with E-state index >= 15 is 0 Å². The monoisotopic (exact) mass is 430 g/mol. The van der Waals surface area contributed by atoms with Gasteiger partial charge in [0, 0.05) is 5.92 Å². The van der Waals surface area contributed by atoms with E-state index < -0.39 is 12.3 Å². The van der Waals surface area contributed by atoms with E-state index in [1.807, 2.05) is 0 Å². The maximum atomic E-state index is 13.0. The Balaban J connectivity index is 1.75. The number of Topliss-reactive ketones (excluding diaryl/α,β-unsaturated/α-hetero) is 1. The van der Waals surface area contributed by atoms with Gasteiger partial charge in [0.05, 0.1) is 10.9 Å². The fourth-order valence-electron chi connectivity index (χ4n) is 7.02. The molecule has 0 heterocycles. The Morgan fingerprint density at radius 3 is 2.62 bits per heavy atom. The minimum Gasteiger partial charge on any atom is -0.387 e. The summed E-state index contributed by atoms with van der Waals surface area (Å²) in [6.07, 6.45) is 8.66. The molecule has 0 saturated heterocycles. The van der Waals surface area contributed by atoms with Gasteiger partial charge in [-0.2, -0.15) is 0 Å². The first-order chi connectivity index (χ1) is 12.2. The molecule has 3 saturated carbocycles. The zero-order valence-electron chi connectivity index (χ0n) is 16.6. The molecule has 0 spiro atoms. The molecule has 0 bridgehead atoms. The average molecular weight is 431 g/mol. The number of ketones is 1. The van der Waals surface area contributed by atoms with Gasteiger partial charge in [-0.15, -0.1) is 0 Å². The minimum absolute atomic E-state index is 0.182. The molecule has 3 fully saturated rings. The molecule has 0 aromatic rings. The minimum atomic E-state index is -1.17. The summed E-state index contributed by atoms with van der Waals surface area (Å²) in [5.41, 5.74) is -0.988. The first kappa shape index (κ1) is 20.8. The number of carbonyl (C=O) groups is 1. The maximum Gasteiger partial charge on any atom is 0.147 e. The highest BCUT2D eigenvalue weighted by Crippen LogP contribution is 2.63. The first-order valence-corrected chi connectivity index (χ1v) is 11.7. The Morgan fingerprint density at radius 2 is 1.96 bits per heavy atom. The summed E-state index contributed by atoms with van der Waals surface area (Å²) in [6, 6.07) is 0. The van der Waals surface area contributed by atoms with Crippen molar-refractivity contribution < 1.29 is 14.3 Å². The fraction of sp³-hybridized carbons (Fsp3) is 0.955. The molecule has 0 radical (unpaired) electrons. The Labute approximate surface area is 166 Å². The number of hydrogen-bond acceptors (Lipinski definition) is 2. The van der Waals surface area contributed by atoms with Crippen molar-refractivity contribution in [3.8, 4) is 0 Å². The van der Waals surface area contributed by atoms with Crippen molar-refractivity contribution in [1.82, 2.24) is 0 Å². The molecule has 8 atom stereocenters. The molecule has 0 aromatic carbocycles. The quantitative estimate of drug-likeness (QED) is 0.560. The Hall–Kier alpha value is 0.0400. The molecule has 26 heavy (non-hydrogen) atoms. The van der Waals surface area contributed by atoms with Gasteiger partial charge in [0.25, 0.3) is 0 Å². The predicted molar refractivity (Wildman–Crippen MR) is 107 cm³/mol. The van der Waals surface area contributed by atoms with Gasteiger partial charge in [-0.05, 0) is 86.9 Å². The second kappa shape index (κ2) is 7.81. The van der Waals surface area contributed by atoms with Crippen LogP contribution in [0, 0.1) is 40.9 Å². The summed E-state index contributed by atoms with van der Waals surface area (Å²) in [7, 11) is 0. The van der Waals surface area contributed by atoms with Crippen molar-refractivity contribution in [2.24, 2.45) is 40.9 Å². The molecule has 0 amide bonds. The number of rotatable bonds is 6. The molecule has 0 aromatic heterocycles. The average Bonchev–Trinajstić information content (AvgIpc) is 2.97. The molecule has 0 aliphatic heterocycles. The summed E-state index contributed by atoms with van der Waals surface area (Å²) in [5.74, 6) is 3.99. The third-order valence-corrected chi connectivity index (χ3v) is 9.11. The van der Waals surface area contributed by atoms with Gasteiger partial charge in [0.1, 0.15) is 12.5 Å². The van der Waals surface area contributed by atoms with Gasteiger partial charge in [0.2, 0.25) is 0 Å². The van der Waals surface area contributed by atoms with E-state index in [0.29, 0.717) is 41.2 Å². The molecule has 1 unspecified atom stereocenters. The number of fused-ring (bicyclic) bond motifs is 3. The normalized spacial score (nSPS) is 44.8. The Morgan fingerprint density at radius 1 is 1.23 bits per heavy atom. The second-order valence-electron chi connectivity index (χ2n) is 10.1. The largest absolute Gasteiger partial charge is 0.387 e. The summed E-state index contributed by atoms with van der Waals surface area (Å²) < 4.78 is 13.0. The van der Waals surface area contributed by atoms with E-state index in [4.69, 9.17) is 0 Å². The summed E-state index contributed by atoms with van der Waals surface area (Å²) >= 11 is 3.39. The zero-order valence-corrected chi connectivity index (χ0v) is 18.2. The van der Waals surface area contributed by atoms with Crippen LogP contribution >= 0.6 is 15.9 Å². The molecule has 2 nitrogen and oxygen atoms in total. The number of aliphatic hydroxyl groups is 1. The summed E-state index contributed by atoms with van der Waals surface area (Å²) in [4.78, 5) is 12.5. The van der Waals surface area contributed by atoms with E-state index in [0.717, 1.165) is 25.2 Å². The van der Waals surface area contributed by atoms with Crippen molar-refractivity contribution in [2.45, 2.75) is 77.7 Å². The maximum absolute atomic E-state index is 13.0. The standard InChI is InChI=1S/C22H36BrFO2/c1-14-4-5-17-16(15(14)8-10-21(2,26)13-24)9-11-22(3)18(17)6-7-19(22)20(25)12-23/h14-19,26H,4-13H2,1-3H3/t14-,15-,16+,17+,18-,19+,21?,22-/m0/s1. The SMILES string of the molecule is C[C@H]1CC[C@@H]2[C@H](CC[C@]3(C)[C@@H](C(=O)CBr)CC[C@@H]23)[C@H]1CCC(C)(O)CF. The Kier molecular flexibility index (Phi) is 6.24. The van der Waals surface area contributed by atoms with E-state index in [-0.39, 0.29) is 11.3 Å². The molecular weight excluding hydrogens is 395 g/mol. The van der Waals surface area contributed by atoms with Gasteiger partial charge < -0.3 is 5.11 Å². The number of halogens is 2. The second-order valence-corrected chi connectivity index (χ2v) is 10.7. The predicted octanol–water partition coefficient (Wildman–Crippen LogP) is 5.56. The van der Waals surface area contributed by atoms with Crippen molar-refractivity contribution in [2.75, 3.05) is 12.0 Å². The van der Waals surface area contributed by atoms with Gasteiger partial charge in [0.15, 0.2) is 0 Å². The molecule has 3 aliphatic carbocycles. The molecule has 4 heteroatoms. The van der Waals surface area contributed by atoms with Crippen molar-refractivity contribution in [3.63, 3.8) is 0 Å². The lowest BCUT2D eigenvalue weighted by molar-refractivity contribution is -0.127. The van der Waals surface area contributed by atoms with E-state index in [2.05, 4.69) is 29.8 Å². The third kappa shape index (κ3) is 3.66.